The lowest BCUT2D eigenvalue weighted by Gasteiger charge is -2.32. The van der Waals surface area contributed by atoms with Crippen molar-refractivity contribution in [2.24, 2.45) is 0 Å². The molecule has 6 heteroatoms. The Labute approximate surface area is 124 Å². The van der Waals surface area contributed by atoms with Gasteiger partial charge in [0.1, 0.15) is 0 Å². The second-order valence-electron chi connectivity index (χ2n) is 6.46. The second kappa shape index (κ2) is 4.68. The van der Waals surface area contributed by atoms with Gasteiger partial charge in [-0.25, -0.2) is 0 Å². The van der Waals surface area contributed by atoms with Crippen molar-refractivity contribution in [3.8, 4) is 11.5 Å². The molecule has 1 aromatic carbocycles. The number of aryl methyl sites for hydroxylation is 1. The largest absolute Gasteiger partial charge is 0.494 e. The molecule has 1 aromatic heterocycles. The molecule has 0 N–H and O–H groups in total. The molecule has 110 valence electrons. The minimum Gasteiger partial charge on any atom is -0.423 e. The summed E-state index contributed by atoms with van der Waals surface area (Å²) in [5.74, 6) is 0.497. The third kappa shape index (κ3) is 2.49. The lowest BCUT2D eigenvalue weighted by molar-refractivity contribution is 0.00578. The molecule has 0 amide bonds. The smallest absolute Gasteiger partial charge is 0.423 e. The molecule has 1 aliphatic rings. The average Bonchev–Trinajstić information content (AvgIpc) is 2.96. The predicted molar refractivity (Wildman–Crippen MR) is 80.2 cm³/mol. The quantitative estimate of drug-likeness (QED) is 0.793. The average molecular weight is 286 g/mol. The van der Waals surface area contributed by atoms with Gasteiger partial charge >= 0.3 is 7.12 Å². The van der Waals surface area contributed by atoms with Gasteiger partial charge in [0.25, 0.3) is 0 Å². The van der Waals surface area contributed by atoms with Crippen LogP contribution in [-0.2, 0) is 9.31 Å². The molecule has 5 nitrogen and oxygen atoms in total. The molecule has 0 bridgehead atoms. The Bertz CT molecular complexity index is 637. The predicted octanol–water partition coefficient (Wildman–Crippen LogP) is 2.34. The lowest BCUT2D eigenvalue weighted by Crippen LogP contribution is -2.41. The Morgan fingerprint density at radius 3 is 2.24 bits per heavy atom. The molecule has 3 rings (SSSR count). The third-order valence-electron chi connectivity index (χ3n) is 4.23. The fourth-order valence-corrected chi connectivity index (χ4v) is 2.35. The maximum atomic E-state index is 6.09. The van der Waals surface area contributed by atoms with Crippen molar-refractivity contribution >= 4 is 12.6 Å². The minimum absolute atomic E-state index is 0.355. The van der Waals surface area contributed by atoms with Crippen LogP contribution in [0.15, 0.2) is 29.0 Å². The van der Waals surface area contributed by atoms with Crippen molar-refractivity contribution in [2.45, 2.75) is 45.8 Å². The van der Waals surface area contributed by atoms with Crippen LogP contribution >= 0.6 is 0 Å². The Morgan fingerprint density at radius 1 is 1.00 bits per heavy atom. The summed E-state index contributed by atoms with van der Waals surface area (Å²) >= 11 is 0. The summed E-state index contributed by atoms with van der Waals surface area (Å²) in [6.07, 6.45) is 1.33. The zero-order chi connectivity index (χ0) is 15.3. The van der Waals surface area contributed by atoms with Crippen LogP contribution in [0.5, 0.6) is 0 Å². The molecule has 1 saturated heterocycles. The van der Waals surface area contributed by atoms with Gasteiger partial charge in [-0.2, -0.15) is 0 Å². The lowest BCUT2D eigenvalue weighted by atomic mass is 9.77. The molecule has 0 spiro atoms. The van der Waals surface area contributed by atoms with Crippen LogP contribution in [0.3, 0.4) is 0 Å². The first-order valence-corrected chi connectivity index (χ1v) is 7.02. The van der Waals surface area contributed by atoms with Crippen molar-refractivity contribution in [3.05, 3.63) is 30.2 Å². The van der Waals surface area contributed by atoms with Gasteiger partial charge in [0.15, 0.2) is 0 Å². The Hall–Kier alpha value is -1.66. The van der Waals surface area contributed by atoms with E-state index >= 15 is 0 Å². The van der Waals surface area contributed by atoms with Gasteiger partial charge in [-0.15, -0.1) is 10.2 Å². The van der Waals surface area contributed by atoms with Gasteiger partial charge < -0.3 is 13.7 Å². The van der Waals surface area contributed by atoms with Crippen molar-refractivity contribution in [1.82, 2.24) is 10.2 Å². The van der Waals surface area contributed by atoms with E-state index in [2.05, 4.69) is 16.3 Å². The summed E-state index contributed by atoms with van der Waals surface area (Å²) in [7, 11) is -0.392. The maximum Gasteiger partial charge on any atom is 0.494 e. The highest BCUT2D eigenvalue weighted by atomic mass is 16.7. The van der Waals surface area contributed by atoms with Gasteiger partial charge in [-0.05, 0) is 52.2 Å². The van der Waals surface area contributed by atoms with Crippen molar-refractivity contribution in [2.75, 3.05) is 0 Å². The fraction of sp³-hybridized carbons (Fsp3) is 0.467. The molecule has 0 saturated carbocycles. The van der Waals surface area contributed by atoms with Gasteiger partial charge in [0.05, 0.1) is 11.2 Å². The van der Waals surface area contributed by atoms with E-state index in [1.54, 1.807) is 0 Å². The zero-order valence-electron chi connectivity index (χ0n) is 13.0. The third-order valence-corrected chi connectivity index (χ3v) is 4.23. The molecule has 0 atom stereocenters. The summed E-state index contributed by atoms with van der Waals surface area (Å²) in [4.78, 5) is 0. The summed E-state index contributed by atoms with van der Waals surface area (Å²) in [6.45, 7) is 10.2. The van der Waals surface area contributed by atoms with E-state index in [4.69, 9.17) is 13.7 Å². The standard InChI is InChI=1S/C15H19BN2O3/c1-10-6-11(13-18-17-9-19-13)8-12(7-10)16-20-14(2,3)15(4,5)21-16/h6-9H,1-5H3. The van der Waals surface area contributed by atoms with Gasteiger partial charge in [-0.1, -0.05) is 11.6 Å². The van der Waals surface area contributed by atoms with E-state index in [-0.39, 0.29) is 11.2 Å². The van der Waals surface area contributed by atoms with Crippen LogP contribution in [0.4, 0.5) is 0 Å². The monoisotopic (exact) mass is 286 g/mol. The van der Waals surface area contributed by atoms with E-state index < -0.39 is 7.12 Å². The van der Waals surface area contributed by atoms with Crippen LogP contribution in [0, 0.1) is 6.92 Å². The number of hydrogen-bond donors (Lipinski definition) is 0. The molecule has 1 fully saturated rings. The highest BCUT2D eigenvalue weighted by Crippen LogP contribution is 2.36. The van der Waals surface area contributed by atoms with Crippen LogP contribution in [-0.4, -0.2) is 28.5 Å². The summed E-state index contributed by atoms with van der Waals surface area (Å²) in [5, 5.41) is 7.68. The topological polar surface area (TPSA) is 57.4 Å². The number of hydrogen-bond acceptors (Lipinski definition) is 5. The van der Waals surface area contributed by atoms with Crippen molar-refractivity contribution in [1.29, 1.82) is 0 Å². The molecule has 0 radical (unpaired) electrons. The van der Waals surface area contributed by atoms with E-state index in [9.17, 15) is 0 Å². The SMILES string of the molecule is Cc1cc(B2OC(C)(C)C(C)(C)O2)cc(-c2nnco2)c1. The molecule has 2 heterocycles. The normalized spacial score (nSPS) is 20.0. The van der Waals surface area contributed by atoms with Crippen LogP contribution < -0.4 is 5.46 Å². The van der Waals surface area contributed by atoms with Crippen molar-refractivity contribution < 1.29 is 13.7 Å². The first kappa shape index (κ1) is 14.3. The molecule has 1 aliphatic heterocycles. The van der Waals surface area contributed by atoms with Crippen molar-refractivity contribution in [3.63, 3.8) is 0 Å². The van der Waals surface area contributed by atoms with Gasteiger partial charge in [-0.3, -0.25) is 0 Å². The Morgan fingerprint density at radius 2 is 1.67 bits per heavy atom. The molecule has 0 aliphatic carbocycles. The van der Waals surface area contributed by atoms with E-state index in [0.717, 1.165) is 16.6 Å². The van der Waals surface area contributed by atoms with Crippen LogP contribution in [0.1, 0.15) is 33.3 Å². The Balaban J connectivity index is 1.97. The maximum absolute atomic E-state index is 6.09. The minimum atomic E-state index is -0.392. The number of aromatic nitrogens is 2. The van der Waals surface area contributed by atoms with E-state index in [1.807, 2.05) is 46.8 Å². The highest BCUT2D eigenvalue weighted by Gasteiger charge is 2.51. The molecule has 2 aromatic rings. The summed E-state index contributed by atoms with van der Waals surface area (Å²) in [5.41, 5.74) is 2.22. The number of rotatable bonds is 2. The van der Waals surface area contributed by atoms with Crippen LogP contribution in [0.2, 0.25) is 0 Å². The van der Waals surface area contributed by atoms with Crippen LogP contribution in [0.25, 0.3) is 11.5 Å². The van der Waals surface area contributed by atoms with E-state index in [0.29, 0.717) is 5.89 Å². The molecule has 21 heavy (non-hydrogen) atoms. The highest BCUT2D eigenvalue weighted by molar-refractivity contribution is 6.62. The fourth-order valence-electron chi connectivity index (χ4n) is 2.35. The number of nitrogens with zero attached hydrogens (tertiary/aromatic N) is 2. The molecular weight excluding hydrogens is 267 g/mol. The second-order valence-corrected chi connectivity index (χ2v) is 6.46. The molecular formula is C15H19BN2O3. The first-order chi connectivity index (χ1) is 9.78. The summed E-state index contributed by atoms with van der Waals surface area (Å²) in [6, 6.07) is 6.03. The first-order valence-electron chi connectivity index (χ1n) is 7.02. The summed E-state index contributed by atoms with van der Waals surface area (Å²) < 4.78 is 17.4. The van der Waals surface area contributed by atoms with Gasteiger partial charge in [0, 0.05) is 5.56 Å². The number of benzene rings is 1. The zero-order valence-corrected chi connectivity index (χ0v) is 13.0. The Kier molecular flexibility index (Phi) is 3.18. The van der Waals surface area contributed by atoms with E-state index in [1.165, 1.54) is 6.39 Å². The van der Waals surface area contributed by atoms with Gasteiger partial charge in [0.2, 0.25) is 12.3 Å². The molecule has 0 unspecified atom stereocenters.